The third-order valence-corrected chi connectivity index (χ3v) is 5.22. The van der Waals surface area contributed by atoms with Crippen LogP contribution < -0.4 is 5.32 Å². The number of likely N-dealkylation sites (tertiary alicyclic amines) is 1. The zero-order valence-electron chi connectivity index (χ0n) is 14.0. The highest BCUT2D eigenvalue weighted by Crippen LogP contribution is 2.38. The van der Waals surface area contributed by atoms with E-state index in [1.807, 2.05) is 0 Å². The second kappa shape index (κ2) is 7.90. The molecule has 21 heavy (non-hydrogen) atoms. The van der Waals surface area contributed by atoms with Crippen LogP contribution in [-0.2, 0) is 13.1 Å². The second-order valence-corrected chi connectivity index (χ2v) is 6.38. The number of piperidine rings is 1. The highest BCUT2D eigenvalue weighted by Gasteiger charge is 2.31. The van der Waals surface area contributed by atoms with E-state index in [1.165, 1.54) is 44.5 Å². The van der Waals surface area contributed by atoms with E-state index >= 15 is 0 Å². The first kappa shape index (κ1) is 16.4. The minimum absolute atomic E-state index is 0.608. The SMILES string of the molecule is CCNCc1cccc(CN2CCC(CC)(CC)CC2)n1. The van der Waals surface area contributed by atoms with E-state index in [0.29, 0.717) is 5.41 Å². The Morgan fingerprint density at radius 1 is 1.10 bits per heavy atom. The Morgan fingerprint density at radius 2 is 1.76 bits per heavy atom. The van der Waals surface area contributed by atoms with Gasteiger partial charge in [0.05, 0.1) is 11.4 Å². The molecule has 2 rings (SSSR count). The second-order valence-electron chi connectivity index (χ2n) is 6.38. The Bertz CT molecular complexity index is 416. The summed E-state index contributed by atoms with van der Waals surface area (Å²) in [6, 6.07) is 6.42. The third kappa shape index (κ3) is 4.52. The molecule has 3 heteroatoms. The number of aromatic nitrogens is 1. The molecule has 0 bridgehead atoms. The van der Waals surface area contributed by atoms with Crippen LogP contribution in [0.15, 0.2) is 18.2 Å². The first-order valence-corrected chi connectivity index (χ1v) is 8.59. The summed E-state index contributed by atoms with van der Waals surface area (Å²) in [5.41, 5.74) is 2.98. The fourth-order valence-corrected chi connectivity index (χ4v) is 3.34. The van der Waals surface area contributed by atoms with Gasteiger partial charge in [-0.15, -0.1) is 0 Å². The minimum atomic E-state index is 0.608. The maximum absolute atomic E-state index is 4.78. The molecule has 118 valence electrons. The van der Waals surface area contributed by atoms with Gasteiger partial charge in [-0.2, -0.15) is 0 Å². The topological polar surface area (TPSA) is 28.2 Å². The summed E-state index contributed by atoms with van der Waals surface area (Å²) in [4.78, 5) is 7.35. The van der Waals surface area contributed by atoms with E-state index in [2.05, 4.69) is 49.2 Å². The highest BCUT2D eigenvalue weighted by molar-refractivity contribution is 5.11. The summed E-state index contributed by atoms with van der Waals surface area (Å²) >= 11 is 0. The fourth-order valence-electron chi connectivity index (χ4n) is 3.34. The molecule has 1 aromatic rings. The van der Waals surface area contributed by atoms with Gasteiger partial charge in [0.1, 0.15) is 0 Å². The van der Waals surface area contributed by atoms with E-state index in [9.17, 15) is 0 Å². The molecule has 3 nitrogen and oxygen atoms in total. The summed E-state index contributed by atoms with van der Waals surface area (Å²) in [6.45, 7) is 12.2. The lowest BCUT2D eigenvalue weighted by Gasteiger charge is -2.41. The van der Waals surface area contributed by atoms with Crippen LogP contribution in [-0.4, -0.2) is 29.5 Å². The molecule has 0 unspecified atom stereocenters. The average molecular weight is 289 g/mol. The van der Waals surface area contributed by atoms with Crippen LogP contribution in [0.5, 0.6) is 0 Å². The molecule has 1 saturated heterocycles. The molecule has 0 aliphatic carbocycles. The maximum Gasteiger partial charge on any atom is 0.0547 e. The van der Waals surface area contributed by atoms with Crippen molar-refractivity contribution < 1.29 is 0 Å². The Hall–Kier alpha value is -0.930. The van der Waals surface area contributed by atoms with Crippen LogP contribution in [0, 0.1) is 5.41 Å². The van der Waals surface area contributed by atoms with Crippen molar-refractivity contribution in [2.75, 3.05) is 19.6 Å². The molecule has 1 N–H and O–H groups in total. The Kier molecular flexibility index (Phi) is 6.19. The molecule has 1 aliphatic heterocycles. The molecule has 0 aromatic carbocycles. The molecule has 0 radical (unpaired) electrons. The molecule has 0 spiro atoms. The van der Waals surface area contributed by atoms with Gasteiger partial charge in [0.2, 0.25) is 0 Å². The zero-order valence-corrected chi connectivity index (χ0v) is 14.0. The van der Waals surface area contributed by atoms with Crippen LogP contribution in [0.25, 0.3) is 0 Å². The van der Waals surface area contributed by atoms with Gasteiger partial charge in [0.25, 0.3) is 0 Å². The first-order chi connectivity index (χ1) is 10.2. The molecule has 2 heterocycles. The van der Waals surface area contributed by atoms with Crippen LogP contribution >= 0.6 is 0 Å². The van der Waals surface area contributed by atoms with Gasteiger partial charge < -0.3 is 5.32 Å². The molecule has 0 amide bonds. The lowest BCUT2D eigenvalue weighted by Crippen LogP contribution is -2.39. The molecule has 1 aromatic heterocycles. The van der Waals surface area contributed by atoms with Crippen molar-refractivity contribution in [2.45, 2.75) is 59.5 Å². The summed E-state index contributed by atoms with van der Waals surface area (Å²) in [7, 11) is 0. The molecule has 0 saturated carbocycles. The van der Waals surface area contributed by atoms with Gasteiger partial charge in [0, 0.05) is 13.1 Å². The van der Waals surface area contributed by atoms with Crippen molar-refractivity contribution in [3.8, 4) is 0 Å². The average Bonchev–Trinajstić information content (AvgIpc) is 2.54. The van der Waals surface area contributed by atoms with E-state index < -0.39 is 0 Å². The smallest absolute Gasteiger partial charge is 0.0547 e. The normalized spacial score (nSPS) is 18.8. The van der Waals surface area contributed by atoms with Gasteiger partial charge in [-0.3, -0.25) is 9.88 Å². The first-order valence-electron chi connectivity index (χ1n) is 8.59. The summed E-state index contributed by atoms with van der Waals surface area (Å²) in [5, 5.41) is 3.35. The summed E-state index contributed by atoms with van der Waals surface area (Å²) in [6.07, 6.45) is 5.34. The lowest BCUT2D eigenvalue weighted by molar-refractivity contribution is 0.0900. The van der Waals surface area contributed by atoms with Crippen LogP contribution in [0.1, 0.15) is 57.8 Å². The van der Waals surface area contributed by atoms with Crippen molar-refractivity contribution >= 4 is 0 Å². The monoisotopic (exact) mass is 289 g/mol. The molecule has 1 aliphatic rings. The maximum atomic E-state index is 4.78. The van der Waals surface area contributed by atoms with E-state index in [-0.39, 0.29) is 0 Å². The van der Waals surface area contributed by atoms with Gasteiger partial charge >= 0.3 is 0 Å². The van der Waals surface area contributed by atoms with Gasteiger partial charge in [-0.05, 0) is 50.0 Å². The summed E-state index contributed by atoms with van der Waals surface area (Å²) in [5.74, 6) is 0. The minimum Gasteiger partial charge on any atom is -0.311 e. The molecular formula is C18H31N3. The van der Waals surface area contributed by atoms with E-state index in [1.54, 1.807) is 0 Å². The standard InChI is InChI=1S/C18H31N3/c1-4-18(5-2)10-12-21(13-11-18)15-17-9-7-8-16(20-17)14-19-6-3/h7-9,19H,4-6,10-15H2,1-3H3. The number of rotatable bonds is 7. The van der Waals surface area contributed by atoms with Gasteiger partial charge in [-0.1, -0.05) is 39.7 Å². The fraction of sp³-hybridized carbons (Fsp3) is 0.722. The van der Waals surface area contributed by atoms with Crippen molar-refractivity contribution in [3.05, 3.63) is 29.6 Å². The van der Waals surface area contributed by atoms with Gasteiger partial charge in [-0.25, -0.2) is 0 Å². The van der Waals surface area contributed by atoms with Crippen LogP contribution in [0.2, 0.25) is 0 Å². The van der Waals surface area contributed by atoms with Crippen molar-refractivity contribution in [1.29, 1.82) is 0 Å². The molecule has 0 atom stereocenters. The predicted molar refractivity (Wildman–Crippen MR) is 89.1 cm³/mol. The number of hydrogen-bond donors (Lipinski definition) is 1. The Morgan fingerprint density at radius 3 is 2.38 bits per heavy atom. The highest BCUT2D eigenvalue weighted by atomic mass is 15.1. The Labute approximate surface area is 130 Å². The van der Waals surface area contributed by atoms with Crippen molar-refractivity contribution in [2.24, 2.45) is 5.41 Å². The van der Waals surface area contributed by atoms with E-state index in [4.69, 9.17) is 4.98 Å². The number of nitrogens with zero attached hydrogens (tertiary/aromatic N) is 2. The van der Waals surface area contributed by atoms with Crippen molar-refractivity contribution in [1.82, 2.24) is 15.2 Å². The van der Waals surface area contributed by atoms with Gasteiger partial charge in [0.15, 0.2) is 0 Å². The molecular weight excluding hydrogens is 258 g/mol. The van der Waals surface area contributed by atoms with E-state index in [0.717, 1.165) is 25.3 Å². The Balaban J connectivity index is 1.88. The van der Waals surface area contributed by atoms with Crippen LogP contribution in [0.4, 0.5) is 0 Å². The third-order valence-electron chi connectivity index (χ3n) is 5.22. The molecule has 1 fully saturated rings. The summed E-state index contributed by atoms with van der Waals surface area (Å²) < 4.78 is 0. The number of nitrogens with one attached hydrogen (secondary N) is 1. The van der Waals surface area contributed by atoms with Crippen molar-refractivity contribution in [3.63, 3.8) is 0 Å². The number of hydrogen-bond acceptors (Lipinski definition) is 3. The largest absolute Gasteiger partial charge is 0.311 e. The predicted octanol–water partition coefficient (Wildman–Crippen LogP) is 3.59. The number of pyridine rings is 1. The lowest BCUT2D eigenvalue weighted by atomic mass is 9.74. The van der Waals surface area contributed by atoms with Crippen LogP contribution in [0.3, 0.4) is 0 Å². The quantitative estimate of drug-likeness (QED) is 0.831. The zero-order chi connectivity index (χ0) is 15.1.